The molecule has 0 aliphatic heterocycles. The quantitative estimate of drug-likeness (QED) is 0.157. The fourth-order valence-electron chi connectivity index (χ4n) is 3.17. The summed E-state index contributed by atoms with van der Waals surface area (Å²) in [5, 5.41) is 16.0. The highest BCUT2D eigenvalue weighted by Crippen LogP contribution is 2.30. The van der Waals surface area contributed by atoms with E-state index in [1.54, 1.807) is 36.4 Å². The van der Waals surface area contributed by atoms with Crippen LogP contribution in [0.3, 0.4) is 0 Å². The van der Waals surface area contributed by atoms with Gasteiger partial charge in [0.05, 0.1) is 22.0 Å². The Morgan fingerprint density at radius 2 is 1.78 bits per heavy atom. The lowest BCUT2D eigenvalue weighted by Crippen LogP contribution is -2.20. The number of nitro benzene ring substituents is 1. The second-order valence-electron chi connectivity index (χ2n) is 6.73. The molecule has 9 nitrogen and oxygen atoms in total. The number of fused-ring (bicyclic) bond motifs is 1. The van der Waals surface area contributed by atoms with Crippen molar-refractivity contribution >= 4 is 28.8 Å². The molecular formula is C23H16N4O5. The Hall–Kier alpha value is -4.66. The molecular weight excluding hydrogens is 412 g/mol. The number of benzene rings is 3. The average Bonchev–Trinajstić information content (AvgIpc) is 2.79. The summed E-state index contributed by atoms with van der Waals surface area (Å²) >= 11 is 0. The molecule has 0 amide bonds. The van der Waals surface area contributed by atoms with E-state index in [0.717, 1.165) is 11.6 Å². The van der Waals surface area contributed by atoms with Crippen molar-refractivity contribution < 1.29 is 14.5 Å². The standard InChI is InChI=1S/C23H16N4O5/c1-15(28)32-21-17(10-7-13-20(21)27(30)31)14-24-26-22(16-8-3-2-4-9-16)25-19-12-6-5-11-18(19)23(26)29/h2-14H,1H3. The first-order valence-corrected chi connectivity index (χ1v) is 9.53. The highest BCUT2D eigenvalue weighted by atomic mass is 16.6. The molecule has 0 saturated heterocycles. The molecule has 0 bridgehead atoms. The number of para-hydroxylation sites is 2. The van der Waals surface area contributed by atoms with Crippen LogP contribution in [0.25, 0.3) is 22.3 Å². The van der Waals surface area contributed by atoms with Crippen LogP contribution in [0.5, 0.6) is 5.75 Å². The van der Waals surface area contributed by atoms with Crippen LogP contribution in [-0.2, 0) is 4.79 Å². The molecule has 0 fully saturated rings. The van der Waals surface area contributed by atoms with Gasteiger partial charge in [0.25, 0.3) is 5.56 Å². The summed E-state index contributed by atoms with van der Waals surface area (Å²) in [5.74, 6) is -0.676. The van der Waals surface area contributed by atoms with Gasteiger partial charge in [-0.3, -0.25) is 19.7 Å². The van der Waals surface area contributed by atoms with Crippen molar-refractivity contribution in [3.63, 3.8) is 0 Å². The summed E-state index contributed by atoms with van der Waals surface area (Å²) in [5.41, 5.74) is 0.528. The van der Waals surface area contributed by atoms with Crippen LogP contribution < -0.4 is 10.3 Å². The van der Waals surface area contributed by atoms with Gasteiger partial charge < -0.3 is 4.74 Å². The number of rotatable bonds is 5. The summed E-state index contributed by atoms with van der Waals surface area (Å²) in [6, 6.07) is 20.1. The van der Waals surface area contributed by atoms with E-state index in [4.69, 9.17) is 4.74 Å². The van der Waals surface area contributed by atoms with E-state index in [0.29, 0.717) is 22.3 Å². The fraction of sp³-hybridized carbons (Fsp3) is 0.0435. The third-order valence-corrected chi connectivity index (χ3v) is 4.57. The van der Waals surface area contributed by atoms with Gasteiger partial charge in [-0.25, -0.2) is 4.98 Å². The van der Waals surface area contributed by atoms with Gasteiger partial charge >= 0.3 is 11.7 Å². The Labute approximate surface area is 181 Å². The molecule has 0 N–H and O–H groups in total. The molecule has 0 aliphatic rings. The lowest BCUT2D eigenvalue weighted by molar-refractivity contribution is -0.385. The first-order valence-electron chi connectivity index (χ1n) is 9.53. The number of carbonyl (C=O) groups excluding carboxylic acids is 1. The Balaban J connectivity index is 1.93. The van der Waals surface area contributed by atoms with Crippen molar-refractivity contribution in [2.24, 2.45) is 5.10 Å². The lowest BCUT2D eigenvalue weighted by Gasteiger charge is -2.10. The molecule has 0 saturated carbocycles. The Morgan fingerprint density at radius 3 is 2.50 bits per heavy atom. The summed E-state index contributed by atoms with van der Waals surface area (Å²) in [6.07, 6.45) is 1.23. The van der Waals surface area contributed by atoms with Gasteiger partial charge in [0, 0.05) is 24.1 Å². The van der Waals surface area contributed by atoms with Gasteiger partial charge in [0.15, 0.2) is 5.82 Å². The van der Waals surface area contributed by atoms with E-state index in [-0.39, 0.29) is 11.3 Å². The van der Waals surface area contributed by atoms with Crippen LogP contribution in [0, 0.1) is 10.1 Å². The van der Waals surface area contributed by atoms with Crippen molar-refractivity contribution in [1.29, 1.82) is 0 Å². The monoisotopic (exact) mass is 428 g/mol. The van der Waals surface area contributed by atoms with E-state index in [9.17, 15) is 19.7 Å². The van der Waals surface area contributed by atoms with Crippen LogP contribution in [0.1, 0.15) is 12.5 Å². The first-order chi connectivity index (χ1) is 15.5. The van der Waals surface area contributed by atoms with Crippen molar-refractivity contribution in [2.75, 3.05) is 0 Å². The highest BCUT2D eigenvalue weighted by molar-refractivity contribution is 5.88. The molecule has 0 unspecified atom stereocenters. The second kappa shape index (κ2) is 8.60. The number of esters is 1. The topological polar surface area (TPSA) is 117 Å². The van der Waals surface area contributed by atoms with E-state index in [1.807, 2.05) is 18.2 Å². The van der Waals surface area contributed by atoms with Crippen molar-refractivity contribution in [1.82, 2.24) is 9.66 Å². The molecule has 4 rings (SSSR count). The number of hydrogen-bond acceptors (Lipinski definition) is 7. The maximum atomic E-state index is 13.2. The number of hydrogen-bond donors (Lipinski definition) is 0. The van der Waals surface area contributed by atoms with Gasteiger partial charge in [-0.1, -0.05) is 48.5 Å². The molecule has 3 aromatic carbocycles. The maximum Gasteiger partial charge on any atom is 0.312 e. The largest absolute Gasteiger partial charge is 0.419 e. The van der Waals surface area contributed by atoms with Crippen LogP contribution in [0.4, 0.5) is 5.69 Å². The zero-order valence-electron chi connectivity index (χ0n) is 16.8. The van der Waals surface area contributed by atoms with E-state index in [1.165, 1.54) is 24.4 Å². The van der Waals surface area contributed by atoms with Gasteiger partial charge in [0.1, 0.15) is 0 Å². The van der Waals surface area contributed by atoms with Crippen LogP contribution in [0.2, 0.25) is 0 Å². The third kappa shape index (κ3) is 3.99. The summed E-state index contributed by atoms with van der Waals surface area (Å²) in [6.45, 7) is 1.14. The Kier molecular flexibility index (Phi) is 5.54. The average molecular weight is 428 g/mol. The molecule has 32 heavy (non-hydrogen) atoms. The predicted molar refractivity (Wildman–Crippen MR) is 119 cm³/mol. The number of ether oxygens (including phenoxy) is 1. The minimum absolute atomic E-state index is 0.161. The van der Waals surface area contributed by atoms with Gasteiger partial charge in [-0.15, -0.1) is 0 Å². The third-order valence-electron chi connectivity index (χ3n) is 4.57. The molecule has 0 atom stereocenters. The molecule has 0 aliphatic carbocycles. The molecule has 4 aromatic rings. The van der Waals surface area contributed by atoms with E-state index < -0.39 is 22.1 Å². The minimum Gasteiger partial charge on any atom is -0.419 e. The van der Waals surface area contributed by atoms with Gasteiger partial charge in [-0.2, -0.15) is 9.78 Å². The molecule has 0 radical (unpaired) electrons. The van der Waals surface area contributed by atoms with E-state index in [2.05, 4.69) is 10.1 Å². The smallest absolute Gasteiger partial charge is 0.312 e. The summed E-state index contributed by atoms with van der Waals surface area (Å²) in [4.78, 5) is 40.0. The number of aromatic nitrogens is 2. The molecule has 0 spiro atoms. The summed E-state index contributed by atoms with van der Waals surface area (Å²) < 4.78 is 6.19. The predicted octanol–water partition coefficient (Wildman–Crippen LogP) is 3.78. The Bertz CT molecular complexity index is 1430. The number of nitrogens with zero attached hydrogens (tertiary/aromatic N) is 4. The van der Waals surface area contributed by atoms with Crippen LogP contribution in [0.15, 0.2) is 82.7 Å². The number of carbonyl (C=O) groups is 1. The first kappa shape index (κ1) is 20.6. The maximum absolute atomic E-state index is 13.2. The van der Waals surface area contributed by atoms with Crippen LogP contribution in [-0.4, -0.2) is 26.8 Å². The second-order valence-corrected chi connectivity index (χ2v) is 6.73. The zero-order chi connectivity index (χ0) is 22.7. The molecule has 9 heteroatoms. The van der Waals surface area contributed by atoms with E-state index >= 15 is 0 Å². The van der Waals surface area contributed by atoms with Crippen LogP contribution >= 0.6 is 0 Å². The molecule has 1 aromatic heterocycles. The van der Waals surface area contributed by atoms with Crippen molar-refractivity contribution in [3.05, 3.63) is 98.8 Å². The molecule has 158 valence electrons. The minimum atomic E-state index is -0.719. The lowest BCUT2D eigenvalue weighted by atomic mass is 10.2. The van der Waals surface area contributed by atoms with Crippen molar-refractivity contribution in [2.45, 2.75) is 6.92 Å². The summed E-state index contributed by atoms with van der Waals surface area (Å²) in [7, 11) is 0. The number of nitro groups is 1. The van der Waals surface area contributed by atoms with Crippen molar-refractivity contribution in [3.8, 4) is 17.1 Å². The Morgan fingerprint density at radius 1 is 1.06 bits per heavy atom. The molecule has 1 heterocycles. The zero-order valence-corrected chi connectivity index (χ0v) is 16.8. The SMILES string of the molecule is CC(=O)Oc1c(C=Nn2c(-c3ccccc3)nc3ccccc3c2=O)cccc1[N+](=O)[O-]. The van der Waals surface area contributed by atoms with Gasteiger partial charge in [-0.05, 0) is 18.2 Å². The highest BCUT2D eigenvalue weighted by Gasteiger charge is 2.20. The van der Waals surface area contributed by atoms with Gasteiger partial charge in [0.2, 0.25) is 5.75 Å². The fourth-order valence-corrected chi connectivity index (χ4v) is 3.17. The normalized spacial score (nSPS) is 11.0.